The second-order valence-corrected chi connectivity index (χ2v) is 1.31. The fourth-order valence-corrected chi connectivity index (χ4v) is 0.250. The largest absolute Gasteiger partial charge is 2.00 e. The maximum Gasteiger partial charge on any atom is 2.00 e. The quantitative estimate of drug-likeness (QED) is 0.421. The molecule has 0 rings (SSSR count). The summed E-state index contributed by atoms with van der Waals surface area (Å²) in [5, 5.41) is 6.89. The van der Waals surface area contributed by atoms with Crippen LogP contribution in [0.2, 0.25) is 0 Å². The van der Waals surface area contributed by atoms with Gasteiger partial charge in [-0.1, -0.05) is 19.8 Å². The molecule has 3 nitrogen and oxygen atoms in total. The zero-order valence-corrected chi connectivity index (χ0v) is 9.51. The van der Waals surface area contributed by atoms with Crippen molar-refractivity contribution in [3.63, 3.8) is 0 Å². The Labute approximate surface area is 75.5 Å². The molecule has 4 heteroatoms. The molecule has 0 saturated heterocycles. The molecule has 0 spiro atoms. The molecule has 0 aliphatic heterocycles. The topological polar surface area (TPSA) is 70.8 Å². The Hall–Kier alpha value is 0.0534. The van der Waals surface area contributed by atoms with E-state index >= 15 is 0 Å². The van der Waals surface area contributed by atoms with E-state index in [-0.39, 0.29) is 32.1 Å². The summed E-state index contributed by atoms with van der Waals surface area (Å²) >= 11 is 0. The zero-order valence-electron chi connectivity index (χ0n) is 6.55. The van der Waals surface area contributed by atoms with E-state index in [4.69, 9.17) is 9.90 Å². The van der Waals surface area contributed by atoms with Gasteiger partial charge in [-0.3, -0.25) is 4.79 Å². The van der Waals surface area contributed by atoms with E-state index in [9.17, 15) is 0 Å². The molecule has 10 heavy (non-hydrogen) atoms. The van der Waals surface area contributed by atoms with Crippen LogP contribution in [0.4, 0.5) is 0 Å². The van der Waals surface area contributed by atoms with Crippen molar-refractivity contribution >= 4 is 6.47 Å². The molecule has 0 radical (unpaired) electrons. The van der Waals surface area contributed by atoms with Crippen LogP contribution in [0.25, 0.3) is 6.15 Å². The Morgan fingerprint density at radius 2 is 1.90 bits per heavy atom. The van der Waals surface area contributed by atoms with Gasteiger partial charge in [0.1, 0.15) is 0 Å². The number of rotatable bonds is 2. The van der Waals surface area contributed by atoms with Crippen molar-refractivity contribution < 1.29 is 29.4 Å². The molecule has 0 aromatic carbocycles. The monoisotopic (exact) mass is 197 g/mol. The number of hydrogen-bond acceptors (Lipinski definition) is 1. The van der Waals surface area contributed by atoms with E-state index in [0.29, 0.717) is 0 Å². The molecular formula is C6H15NO2Zn. The van der Waals surface area contributed by atoms with Gasteiger partial charge in [0, 0.05) is 0 Å². The number of nitrogens with two attached hydrogens (primary N) is 1. The Morgan fingerprint density at radius 3 is 1.90 bits per heavy atom. The SMILES string of the molecule is O=CO.[CH2-]CCCC.[NH2-].[Zn+2]. The van der Waals surface area contributed by atoms with Crippen molar-refractivity contribution in [3.05, 3.63) is 13.1 Å². The molecule has 0 aliphatic rings. The molecule has 0 unspecified atom stereocenters. The van der Waals surface area contributed by atoms with Crippen molar-refractivity contribution in [2.75, 3.05) is 0 Å². The van der Waals surface area contributed by atoms with Gasteiger partial charge < -0.3 is 18.2 Å². The molecule has 0 bridgehead atoms. The minimum Gasteiger partial charge on any atom is -0.693 e. The fourth-order valence-electron chi connectivity index (χ4n) is 0.250. The molecule has 0 amide bonds. The summed E-state index contributed by atoms with van der Waals surface area (Å²) in [7, 11) is 0. The number of unbranched alkanes of at least 4 members (excludes halogenated alkanes) is 2. The first-order valence-electron chi connectivity index (χ1n) is 2.70. The van der Waals surface area contributed by atoms with Gasteiger partial charge in [-0.25, -0.2) is 0 Å². The van der Waals surface area contributed by atoms with Crippen LogP contribution in [-0.2, 0) is 24.3 Å². The summed E-state index contributed by atoms with van der Waals surface area (Å²) in [5.41, 5.74) is 0. The van der Waals surface area contributed by atoms with Crippen LogP contribution >= 0.6 is 0 Å². The van der Waals surface area contributed by atoms with E-state index in [1.807, 2.05) is 0 Å². The van der Waals surface area contributed by atoms with E-state index in [2.05, 4.69) is 13.8 Å². The summed E-state index contributed by atoms with van der Waals surface area (Å²) in [4.78, 5) is 8.36. The Kier molecular flexibility index (Phi) is 80.4. The van der Waals surface area contributed by atoms with E-state index in [0.717, 1.165) is 6.42 Å². The number of carbonyl (C=O) groups is 1. The third-order valence-electron chi connectivity index (χ3n) is 0.604. The van der Waals surface area contributed by atoms with Crippen molar-refractivity contribution in [2.24, 2.45) is 0 Å². The van der Waals surface area contributed by atoms with Crippen LogP contribution in [0.5, 0.6) is 0 Å². The van der Waals surface area contributed by atoms with Crippen LogP contribution < -0.4 is 0 Å². The average Bonchev–Trinajstić information content (AvgIpc) is 1.71. The summed E-state index contributed by atoms with van der Waals surface area (Å²) in [6.45, 7) is 5.60. The smallest absolute Gasteiger partial charge is 0.693 e. The van der Waals surface area contributed by atoms with Crippen LogP contribution in [-0.4, -0.2) is 11.6 Å². The second kappa shape index (κ2) is 35.7. The maximum atomic E-state index is 8.36. The standard InChI is InChI=1S/C5H11.CH2O2.H2N.Zn/c1-3-5-4-2;2-1-3;;/h1,3-5H2,2H3;1H,(H,2,3);1H2;/q-1;;-1;+2. The summed E-state index contributed by atoms with van der Waals surface area (Å²) in [6, 6.07) is 0. The van der Waals surface area contributed by atoms with E-state index in [1.165, 1.54) is 12.8 Å². The molecule has 0 aliphatic carbocycles. The minimum absolute atomic E-state index is 0. The summed E-state index contributed by atoms with van der Waals surface area (Å²) in [6.07, 6.45) is 3.65. The molecule has 0 saturated carbocycles. The van der Waals surface area contributed by atoms with Gasteiger partial charge in [0.2, 0.25) is 0 Å². The van der Waals surface area contributed by atoms with Gasteiger partial charge in [-0.2, -0.15) is 6.42 Å². The van der Waals surface area contributed by atoms with Gasteiger partial charge in [-0.15, -0.1) is 0 Å². The Balaban J connectivity index is -0.0000000326. The molecule has 0 aromatic rings. The van der Waals surface area contributed by atoms with Crippen LogP contribution in [0, 0.1) is 6.92 Å². The number of carboxylic acid groups (broad SMARTS) is 1. The van der Waals surface area contributed by atoms with Crippen molar-refractivity contribution in [1.29, 1.82) is 0 Å². The van der Waals surface area contributed by atoms with Crippen molar-refractivity contribution in [2.45, 2.75) is 26.2 Å². The van der Waals surface area contributed by atoms with Crippen molar-refractivity contribution in [3.8, 4) is 0 Å². The van der Waals surface area contributed by atoms with Crippen LogP contribution in [0.1, 0.15) is 26.2 Å². The molecular weight excluding hydrogens is 183 g/mol. The summed E-state index contributed by atoms with van der Waals surface area (Å²) < 4.78 is 0. The minimum atomic E-state index is -0.250. The first kappa shape index (κ1) is 22.5. The average molecular weight is 199 g/mol. The molecule has 0 atom stereocenters. The van der Waals surface area contributed by atoms with Gasteiger partial charge in [0.05, 0.1) is 0 Å². The maximum absolute atomic E-state index is 8.36. The molecule has 0 fully saturated rings. The molecule has 3 N–H and O–H groups in total. The molecule has 0 aromatic heterocycles. The predicted octanol–water partition coefficient (Wildman–Crippen LogP) is 2.43. The van der Waals surface area contributed by atoms with Crippen molar-refractivity contribution in [1.82, 2.24) is 0 Å². The van der Waals surface area contributed by atoms with Gasteiger partial charge >= 0.3 is 19.5 Å². The molecule has 0 heterocycles. The van der Waals surface area contributed by atoms with Gasteiger partial charge in [0.25, 0.3) is 6.47 Å². The van der Waals surface area contributed by atoms with Crippen LogP contribution in [0.15, 0.2) is 0 Å². The third kappa shape index (κ3) is 95.0. The third-order valence-corrected chi connectivity index (χ3v) is 0.604. The second-order valence-electron chi connectivity index (χ2n) is 1.31. The molecule has 58 valence electrons. The Bertz CT molecular complexity index is 42.7. The zero-order chi connectivity index (χ0) is 6.83. The first-order valence-corrected chi connectivity index (χ1v) is 2.70. The fraction of sp³-hybridized carbons (Fsp3) is 0.667. The number of hydrogen-bond donors (Lipinski definition) is 1. The van der Waals surface area contributed by atoms with E-state index in [1.54, 1.807) is 0 Å². The Morgan fingerprint density at radius 1 is 1.60 bits per heavy atom. The predicted molar refractivity (Wildman–Crippen MR) is 38.9 cm³/mol. The first-order chi connectivity index (χ1) is 3.83. The van der Waals surface area contributed by atoms with Gasteiger partial charge in [0.15, 0.2) is 0 Å². The van der Waals surface area contributed by atoms with E-state index < -0.39 is 0 Å². The normalized spacial score (nSPS) is 5.40. The van der Waals surface area contributed by atoms with Crippen LogP contribution in [0.3, 0.4) is 0 Å². The van der Waals surface area contributed by atoms with Gasteiger partial charge in [-0.05, 0) is 0 Å². The summed E-state index contributed by atoms with van der Waals surface area (Å²) in [5.74, 6) is 0.